The molecule has 4 nitrogen and oxygen atoms in total. The highest BCUT2D eigenvalue weighted by Gasteiger charge is 2.21. The highest BCUT2D eigenvalue weighted by Crippen LogP contribution is 2.21. The maximum absolute atomic E-state index is 5.17. The van der Waals surface area contributed by atoms with Crippen molar-refractivity contribution in [1.29, 1.82) is 0 Å². The van der Waals surface area contributed by atoms with E-state index < -0.39 is 0 Å². The molecule has 1 aliphatic heterocycles. The van der Waals surface area contributed by atoms with E-state index in [2.05, 4.69) is 45.8 Å². The van der Waals surface area contributed by atoms with Crippen LogP contribution in [-0.2, 0) is 31.4 Å². The fourth-order valence-electron chi connectivity index (χ4n) is 3.48. The molecule has 1 aromatic carbocycles. The van der Waals surface area contributed by atoms with Crippen molar-refractivity contribution in [2.45, 2.75) is 32.4 Å². The van der Waals surface area contributed by atoms with Gasteiger partial charge >= 0.3 is 0 Å². The van der Waals surface area contributed by atoms with E-state index in [0.717, 1.165) is 18.9 Å². The summed E-state index contributed by atoms with van der Waals surface area (Å²) >= 11 is 0. The van der Waals surface area contributed by atoms with Gasteiger partial charge in [-0.25, -0.2) is 4.98 Å². The smallest absolute Gasteiger partial charge is 0.108 e. The molecule has 3 rings (SSSR count). The molecule has 2 heterocycles. The molecule has 0 aliphatic carbocycles. The SMILES string of the molecule is COCc1ccc(CN2CCCC(Cc3nccn3C)C2)cc1. The average Bonchev–Trinajstić information content (AvgIpc) is 2.95. The molecule has 0 radical (unpaired) electrons. The lowest BCUT2D eigenvalue weighted by atomic mass is 9.94. The Morgan fingerprint density at radius 1 is 1.22 bits per heavy atom. The number of hydrogen-bond acceptors (Lipinski definition) is 3. The van der Waals surface area contributed by atoms with E-state index in [1.165, 1.54) is 42.9 Å². The van der Waals surface area contributed by atoms with Gasteiger partial charge in [-0.05, 0) is 36.4 Å². The summed E-state index contributed by atoms with van der Waals surface area (Å²) in [7, 11) is 3.83. The first kappa shape index (κ1) is 16.2. The van der Waals surface area contributed by atoms with Gasteiger partial charge in [0.25, 0.3) is 0 Å². The number of nitrogens with zero attached hydrogens (tertiary/aromatic N) is 3. The number of methoxy groups -OCH3 is 1. The highest BCUT2D eigenvalue weighted by molar-refractivity contribution is 5.22. The van der Waals surface area contributed by atoms with Crippen LogP contribution in [0, 0.1) is 5.92 Å². The van der Waals surface area contributed by atoms with Crippen LogP contribution in [0.25, 0.3) is 0 Å². The van der Waals surface area contributed by atoms with Crippen LogP contribution in [0.2, 0.25) is 0 Å². The van der Waals surface area contributed by atoms with Gasteiger partial charge in [-0.15, -0.1) is 0 Å². The van der Waals surface area contributed by atoms with Gasteiger partial charge in [0.2, 0.25) is 0 Å². The molecule has 0 saturated carbocycles. The number of imidazole rings is 1. The Balaban J connectivity index is 1.55. The average molecular weight is 313 g/mol. The Morgan fingerprint density at radius 2 is 2.00 bits per heavy atom. The maximum atomic E-state index is 5.17. The van der Waals surface area contributed by atoms with Crippen molar-refractivity contribution in [3.05, 3.63) is 53.6 Å². The van der Waals surface area contributed by atoms with Gasteiger partial charge in [0.15, 0.2) is 0 Å². The van der Waals surface area contributed by atoms with Crippen molar-refractivity contribution in [2.75, 3.05) is 20.2 Å². The molecule has 0 bridgehead atoms. The van der Waals surface area contributed by atoms with Crippen molar-refractivity contribution < 1.29 is 4.74 Å². The fraction of sp³-hybridized carbons (Fsp3) is 0.526. The van der Waals surface area contributed by atoms with Gasteiger partial charge in [-0.1, -0.05) is 24.3 Å². The van der Waals surface area contributed by atoms with Crippen molar-refractivity contribution in [2.24, 2.45) is 13.0 Å². The topological polar surface area (TPSA) is 30.3 Å². The summed E-state index contributed by atoms with van der Waals surface area (Å²) in [5, 5.41) is 0. The van der Waals surface area contributed by atoms with Crippen LogP contribution < -0.4 is 0 Å². The Labute approximate surface area is 139 Å². The molecule has 124 valence electrons. The first-order valence-corrected chi connectivity index (χ1v) is 8.50. The largest absolute Gasteiger partial charge is 0.380 e. The van der Waals surface area contributed by atoms with Crippen molar-refractivity contribution in [3.8, 4) is 0 Å². The number of aryl methyl sites for hydroxylation is 1. The number of rotatable bonds is 6. The van der Waals surface area contributed by atoms with E-state index in [4.69, 9.17) is 4.74 Å². The number of aromatic nitrogens is 2. The molecule has 0 spiro atoms. The van der Waals surface area contributed by atoms with E-state index >= 15 is 0 Å². The Kier molecular flexibility index (Phi) is 5.47. The van der Waals surface area contributed by atoms with Crippen LogP contribution in [0.3, 0.4) is 0 Å². The quantitative estimate of drug-likeness (QED) is 0.821. The molecular weight excluding hydrogens is 286 g/mol. The van der Waals surface area contributed by atoms with Gasteiger partial charge in [0, 0.05) is 46.1 Å². The fourth-order valence-corrected chi connectivity index (χ4v) is 3.48. The Hall–Kier alpha value is -1.65. The molecule has 4 heteroatoms. The zero-order chi connectivity index (χ0) is 16.1. The maximum Gasteiger partial charge on any atom is 0.108 e. The van der Waals surface area contributed by atoms with Gasteiger partial charge in [-0.2, -0.15) is 0 Å². The summed E-state index contributed by atoms with van der Waals surface area (Å²) in [5.74, 6) is 1.93. The van der Waals surface area contributed by atoms with Gasteiger partial charge in [0.05, 0.1) is 6.61 Å². The highest BCUT2D eigenvalue weighted by atomic mass is 16.5. The lowest BCUT2D eigenvalue weighted by Crippen LogP contribution is -2.36. The van der Waals surface area contributed by atoms with E-state index in [0.29, 0.717) is 6.61 Å². The summed E-state index contributed by atoms with van der Waals surface area (Å²) in [4.78, 5) is 7.06. The molecule has 23 heavy (non-hydrogen) atoms. The minimum atomic E-state index is 0.690. The van der Waals surface area contributed by atoms with Crippen LogP contribution >= 0.6 is 0 Å². The predicted molar refractivity (Wildman–Crippen MR) is 92.1 cm³/mol. The first-order valence-electron chi connectivity index (χ1n) is 8.50. The molecule has 0 amide bonds. The summed E-state index contributed by atoms with van der Waals surface area (Å²) < 4.78 is 7.32. The van der Waals surface area contributed by atoms with Crippen LogP contribution in [-0.4, -0.2) is 34.7 Å². The van der Waals surface area contributed by atoms with Crippen LogP contribution in [0.4, 0.5) is 0 Å². The van der Waals surface area contributed by atoms with Gasteiger partial charge in [-0.3, -0.25) is 4.90 Å². The van der Waals surface area contributed by atoms with Crippen molar-refractivity contribution >= 4 is 0 Å². The third kappa shape index (κ3) is 4.43. The third-order valence-electron chi connectivity index (χ3n) is 4.74. The molecule has 1 unspecified atom stereocenters. The van der Waals surface area contributed by atoms with Gasteiger partial charge in [0.1, 0.15) is 5.82 Å². The van der Waals surface area contributed by atoms with Crippen LogP contribution in [0.15, 0.2) is 36.7 Å². The normalized spacial score (nSPS) is 19.1. The molecule has 2 aromatic rings. The van der Waals surface area contributed by atoms with Crippen molar-refractivity contribution in [3.63, 3.8) is 0 Å². The van der Waals surface area contributed by atoms with E-state index in [9.17, 15) is 0 Å². The molecule has 1 saturated heterocycles. The standard InChI is InChI=1S/C19H27N3O/c1-21-11-9-20-19(21)12-18-4-3-10-22(14-18)13-16-5-7-17(8-6-16)15-23-2/h5-9,11,18H,3-4,10,12-15H2,1-2H3. The number of hydrogen-bond donors (Lipinski definition) is 0. The van der Waals surface area contributed by atoms with Crippen LogP contribution in [0.1, 0.15) is 29.8 Å². The molecule has 1 aromatic heterocycles. The second-order valence-corrected chi connectivity index (χ2v) is 6.65. The third-order valence-corrected chi connectivity index (χ3v) is 4.74. The van der Waals surface area contributed by atoms with E-state index in [1.807, 2.05) is 12.4 Å². The molecule has 1 atom stereocenters. The number of likely N-dealkylation sites (tertiary alicyclic amines) is 1. The molecular formula is C19H27N3O. The number of piperidine rings is 1. The lowest BCUT2D eigenvalue weighted by Gasteiger charge is -2.32. The summed E-state index contributed by atoms with van der Waals surface area (Å²) in [5.41, 5.74) is 2.63. The second-order valence-electron chi connectivity index (χ2n) is 6.65. The monoisotopic (exact) mass is 313 g/mol. The predicted octanol–water partition coefficient (Wildman–Crippen LogP) is 3.02. The zero-order valence-corrected chi connectivity index (χ0v) is 14.2. The lowest BCUT2D eigenvalue weighted by molar-refractivity contribution is 0.165. The number of ether oxygens (including phenoxy) is 1. The van der Waals surface area contributed by atoms with Gasteiger partial charge < -0.3 is 9.30 Å². The summed E-state index contributed by atoms with van der Waals surface area (Å²) in [6, 6.07) is 8.82. The zero-order valence-electron chi connectivity index (χ0n) is 14.2. The van der Waals surface area contributed by atoms with Crippen LogP contribution in [0.5, 0.6) is 0 Å². The van der Waals surface area contributed by atoms with E-state index in [1.54, 1.807) is 7.11 Å². The second kappa shape index (κ2) is 7.75. The summed E-state index contributed by atoms with van der Waals surface area (Å²) in [6.45, 7) is 4.11. The molecule has 1 fully saturated rings. The minimum absolute atomic E-state index is 0.690. The number of benzene rings is 1. The Morgan fingerprint density at radius 3 is 2.70 bits per heavy atom. The van der Waals surface area contributed by atoms with E-state index in [-0.39, 0.29) is 0 Å². The first-order chi connectivity index (χ1) is 11.2. The molecule has 0 N–H and O–H groups in total. The minimum Gasteiger partial charge on any atom is -0.380 e. The Bertz CT molecular complexity index is 605. The molecule has 1 aliphatic rings. The summed E-state index contributed by atoms with van der Waals surface area (Å²) in [6.07, 6.45) is 7.63. The van der Waals surface area contributed by atoms with Crippen molar-refractivity contribution in [1.82, 2.24) is 14.5 Å².